The number of carbonyl (C=O) groups excluding carboxylic acids is 1. The largest absolute Gasteiger partial charge is 0.287 e. The molecule has 0 aliphatic carbocycles. The molecule has 1 aromatic carbocycles. The van der Waals surface area contributed by atoms with E-state index in [1.54, 1.807) is 11.3 Å². The Balaban J connectivity index is 0.000000338. The topological polar surface area (TPSA) is 88.7 Å². The minimum Gasteiger partial charge on any atom is -0.287 e. The van der Waals surface area contributed by atoms with E-state index in [4.69, 9.17) is 4.55 Å². The fourth-order valence-electron chi connectivity index (χ4n) is 2.04. The fourth-order valence-corrected chi connectivity index (χ4v) is 2.78. The van der Waals surface area contributed by atoms with Gasteiger partial charge in [0.05, 0.1) is 11.9 Å². The summed E-state index contributed by atoms with van der Waals surface area (Å²) in [7, 11) is -3.67. The van der Waals surface area contributed by atoms with E-state index in [2.05, 4.69) is 4.98 Å². The van der Waals surface area contributed by atoms with Crippen molar-refractivity contribution in [1.29, 1.82) is 0 Å². The van der Waals surface area contributed by atoms with Crippen molar-refractivity contribution >= 4 is 32.2 Å². The molecule has 3 aromatic rings. The Kier molecular flexibility index (Phi) is 5.30. The third-order valence-corrected chi connectivity index (χ3v) is 3.68. The predicted molar refractivity (Wildman–Crippen MR) is 89.8 cm³/mol. The van der Waals surface area contributed by atoms with E-state index in [0.29, 0.717) is 17.5 Å². The molecule has 0 spiro atoms. The van der Waals surface area contributed by atoms with Crippen molar-refractivity contribution in [3.63, 3.8) is 0 Å². The molecule has 0 aliphatic rings. The molecule has 1 N–H and O–H groups in total. The number of benzene rings is 1. The molecule has 0 fully saturated rings. The maximum absolute atomic E-state index is 12.5. The summed E-state index contributed by atoms with van der Waals surface area (Å²) in [5.41, 5.74) is 2.27. The summed E-state index contributed by atoms with van der Waals surface area (Å²) >= 11 is 1.55. The Morgan fingerprint density at radius 1 is 1.30 bits per heavy atom. The number of rotatable bonds is 3. The Morgan fingerprint density at radius 3 is 2.48 bits per heavy atom. The summed E-state index contributed by atoms with van der Waals surface area (Å²) in [6.45, 7) is 2.02. The van der Waals surface area contributed by atoms with Gasteiger partial charge in [-0.25, -0.2) is 4.98 Å². The number of nitrogens with zero attached hydrogens (tertiary/aromatic N) is 2. The van der Waals surface area contributed by atoms with Gasteiger partial charge in [0, 0.05) is 17.1 Å². The highest BCUT2D eigenvalue weighted by Crippen LogP contribution is 2.20. The molecule has 2 aromatic heterocycles. The molecule has 3 rings (SSSR count). The SMILES string of the molecule is CCc1nc2sccn2c1C(=O)c1ccccc1.CS(=O)(=O)O. The average Bonchev–Trinajstić information content (AvgIpc) is 3.05. The van der Waals surface area contributed by atoms with Crippen LogP contribution in [0, 0.1) is 0 Å². The van der Waals surface area contributed by atoms with Crippen molar-refractivity contribution < 1.29 is 17.8 Å². The molecule has 8 heteroatoms. The molecule has 0 saturated carbocycles. The molecule has 6 nitrogen and oxygen atoms in total. The van der Waals surface area contributed by atoms with Crippen LogP contribution in [0.25, 0.3) is 4.96 Å². The second-order valence-electron chi connectivity index (χ2n) is 4.74. The van der Waals surface area contributed by atoms with Crippen LogP contribution in [0.4, 0.5) is 0 Å². The van der Waals surface area contributed by atoms with Crippen molar-refractivity contribution in [3.8, 4) is 0 Å². The first-order chi connectivity index (χ1) is 10.8. The van der Waals surface area contributed by atoms with E-state index in [-0.39, 0.29) is 5.78 Å². The Labute approximate surface area is 138 Å². The quantitative estimate of drug-likeness (QED) is 0.578. The first-order valence-corrected chi connectivity index (χ1v) is 9.50. The van der Waals surface area contributed by atoms with Gasteiger partial charge in [0.2, 0.25) is 5.78 Å². The molecule has 0 atom stereocenters. The van der Waals surface area contributed by atoms with Gasteiger partial charge in [-0.2, -0.15) is 8.42 Å². The smallest absolute Gasteiger partial charge is 0.261 e. The van der Waals surface area contributed by atoms with Crippen LogP contribution < -0.4 is 0 Å². The minimum atomic E-state index is -3.67. The monoisotopic (exact) mass is 352 g/mol. The van der Waals surface area contributed by atoms with Crippen molar-refractivity contribution in [2.45, 2.75) is 13.3 Å². The number of hydrogen-bond acceptors (Lipinski definition) is 5. The summed E-state index contributed by atoms with van der Waals surface area (Å²) < 4.78 is 27.8. The first-order valence-electron chi connectivity index (χ1n) is 6.78. The van der Waals surface area contributed by atoms with Crippen molar-refractivity contribution in [2.75, 3.05) is 6.26 Å². The maximum Gasteiger partial charge on any atom is 0.261 e. The molecule has 122 valence electrons. The lowest BCUT2D eigenvalue weighted by Gasteiger charge is -2.01. The number of aromatic nitrogens is 2. The van der Waals surface area contributed by atoms with Crippen LogP contribution in [0.15, 0.2) is 41.9 Å². The molecule has 23 heavy (non-hydrogen) atoms. The van der Waals surface area contributed by atoms with E-state index < -0.39 is 10.1 Å². The number of carbonyl (C=O) groups is 1. The van der Waals surface area contributed by atoms with Gasteiger partial charge in [-0.3, -0.25) is 13.7 Å². The molecule has 0 amide bonds. The summed E-state index contributed by atoms with van der Waals surface area (Å²) in [6.07, 6.45) is 3.39. The molecule has 0 radical (unpaired) electrons. The number of hydrogen-bond donors (Lipinski definition) is 1. The molecule has 2 heterocycles. The third-order valence-electron chi connectivity index (χ3n) is 2.92. The molecular weight excluding hydrogens is 336 g/mol. The Morgan fingerprint density at radius 2 is 1.91 bits per heavy atom. The zero-order chi connectivity index (χ0) is 17.0. The lowest BCUT2D eigenvalue weighted by molar-refractivity contribution is 0.103. The van der Waals surface area contributed by atoms with Gasteiger partial charge in [-0.05, 0) is 6.42 Å². The second kappa shape index (κ2) is 7.03. The number of ketones is 1. The zero-order valence-corrected chi connectivity index (χ0v) is 14.3. The van der Waals surface area contributed by atoms with Crippen LogP contribution in [0.5, 0.6) is 0 Å². The van der Waals surface area contributed by atoms with E-state index in [9.17, 15) is 13.2 Å². The minimum absolute atomic E-state index is 0.0401. The normalized spacial score (nSPS) is 11.1. The van der Waals surface area contributed by atoms with Crippen molar-refractivity contribution in [3.05, 3.63) is 58.9 Å². The standard InChI is InChI=1S/C14H12N2OS.CH4O3S/c1-2-11-12(16-8-9-18-14(16)15-11)13(17)10-6-4-3-5-7-10;1-5(2,3)4/h3-9H,2H2,1H3;1H3,(H,2,3,4). The highest BCUT2D eigenvalue weighted by molar-refractivity contribution is 7.85. The van der Waals surface area contributed by atoms with E-state index in [0.717, 1.165) is 17.1 Å². The summed E-state index contributed by atoms with van der Waals surface area (Å²) in [6, 6.07) is 9.35. The van der Waals surface area contributed by atoms with Gasteiger partial charge in [-0.15, -0.1) is 11.3 Å². The van der Waals surface area contributed by atoms with E-state index in [1.165, 1.54) is 0 Å². The van der Waals surface area contributed by atoms with Gasteiger partial charge in [0.15, 0.2) is 4.96 Å². The van der Waals surface area contributed by atoms with Crippen LogP contribution >= 0.6 is 11.3 Å². The van der Waals surface area contributed by atoms with Gasteiger partial charge >= 0.3 is 0 Å². The fraction of sp³-hybridized carbons (Fsp3) is 0.200. The van der Waals surface area contributed by atoms with Crippen LogP contribution in [-0.2, 0) is 16.5 Å². The van der Waals surface area contributed by atoms with Crippen LogP contribution in [-0.4, -0.2) is 34.4 Å². The summed E-state index contributed by atoms with van der Waals surface area (Å²) in [5, 5.41) is 1.95. The van der Waals surface area contributed by atoms with Gasteiger partial charge in [0.25, 0.3) is 10.1 Å². The Bertz CT molecular complexity index is 904. The van der Waals surface area contributed by atoms with Crippen LogP contribution in [0.3, 0.4) is 0 Å². The lowest BCUT2D eigenvalue weighted by atomic mass is 10.1. The predicted octanol–water partition coefficient (Wildman–Crippen LogP) is 2.69. The molecule has 0 aliphatic heterocycles. The number of aryl methyl sites for hydroxylation is 1. The van der Waals surface area contributed by atoms with Gasteiger partial charge in [-0.1, -0.05) is 37.3 Å². The number of imidazole rings is 1. The third kappa shape index (κ3) is 4.47. The van der Waals surface area contributed by atoms with Crippen molar-refractivity contribution in [2.24, 2.45) is 0 Å². The van der Waals surface area contributed by atoms with Crippen LogP contribution in [0.2, 0.25) is 0 Å². The summed E-state index contributed by atoms with van der Waals surface area (Å²) in [5.74, 6) is 0.0401. The summed E-state index contributed by atoms with van der Waals surface area (Å²) in [4.78, 5) is 17.9. The van der Waals surface area contributed by atoms with Gasteiger partial charge in [0.1, 0.15) is 5.69 Å². The molecular formula is C15H16N2O4S2. The maximum atomic E-state index is 12.5. The first kappa shape index (κ1) is 17.3. The average molecular weight is 352 g/mol. The van der Waals surface area contributed by atoms with Gasteiger partial charge < -0.3 is 0 Å². The highest BCUT2D eigenvalue weighted by atomic mass is 32.2. The molecule has 0 unspecified atom stereocenters. The number of thiazole rings is 1. The van der Waals surface area contributed by atoms with Crippen molar-refractivity contribution in [1.82, 2.24) is 9.38 Å². The van der Waals surface area contributed by atoms with E-state index >= 15 is 0 Å². The zero-order valence-electron chi connectivity index (χ0n) is 12.6. The molecule has 0 bridgehead atoms. The number of fused-ring (bicyclic) bond motifs is 1. The van der Waals surface area contributed by atoms with E-state index in [1.807, 2.05) is 53.2 Å². The highest BCUT2D eigenvalue weighted by Gasteiger charge is 2.19. The Hall–Kier alpha value is -2.03. The second-order valence-corrected chi connectivity index (χ2v) is 7.08. The van der Waals surface area contributed by atoms with Crippen LogP contribution in [0.1, 0.15) is 28.7 Å². The molecule has 0 saturated heterocycles. The lowest BCUT2D eigenvalue weighted by Crippen LogP contribution is -2.07.